The molecule has 0 spiro atoms. The molecule has 1 aromatic heterocycles. The Morgan fingerprint density at radius 3 is 2.56 bits per heavy atom. The number of aromatic nitrogens is 2. The van der Waals surface area contributed by atoms with Crippen molar-refractivity contribution in [2.75, 3.05) is 27.4 Å². The number of ether oxygens (including phenoxy) is 2. The lowest BCUT2D eigenvalue weighted by molar-refractivity contribution is -0.135. The number of rotatable bonds is 9. The van der Waals surface area contributed by atoms with Crippen molar-refractivity contribution in [3.8, 4) is 5.75 Å². The van der Waals surface area contributed by atoms with Crippen molar-refractivity contribution in [2.24, 2.45) is 5.92 Å². The molecular weight excluding hydrogens is 318 g/mol. The lowest BCUT2D eigenvalue weighted by Gasteiger charge is -2.24. The highest BCUT2D eigenvalue weighted by molar-refractivity contribution is 5.78. The van der Waals surface area contributed by atoms with E-state index in [1.807, 2.05) is 44.3 Å². The fourth-order valence-corrected chi connectivity index (χ4v) is 2.57. The van der Waals surface area contributed by atoms with Crippen LogP contribution in [0.3, 0.4) is 0 Å². The number of nitrogens with zero attached hydrogens (tertiary/aromatic N) is 3. The van der Waals surface area contributed by atoms with Gasteiger partial charge in [-0.15, -0.1) is 0 Å². The lowest BCUT2D eigenvalue weighted by atomic mass is 10.2. The van der Waals surface area contributed by atoms with E-state index in [4.69, 9.17) is 9.47 Å². The van der Waals surface area contributed by atoms with E-state index < -0.39 is 0 Å². The van der Waals surface area contributed by atoms with Crippen molar-refractivity contribution >= 4 is 5.91 Å². The lowest BCUT2D eigenvalue weighted by Crippen LogP contribution is -2.37. The van der Waals surface area contributed by atoms with Gasteiger partial charge in [0.25, 0.3) is 0 Å². The van der Waals surface area contributed by atoms with Crippen molar-refractivity contribution in [3.63, 3.8) is 0 Å². The highest BCUT2D eigenvalue weighted by atomic mass is 16.5. The van der Waals surface area contributed by atoms with E-state index in [1.165, 1.54) is 0 Å². The summed E-state index contributed by atoms with van der Waals surface area (Å²) < 4.78 is 12.4. The van der Waals surface area contributed by atoms with Gasteiger partial charge in [0.2, 0.25) is 5.91 Å². The first-order chi connectivity index (χ1) is 12.0. The molecule has 25 heavy (non-hydrogen) atoms. The van der Waals surface area contributed by atoms with Crippen LogP contribution in [0.1, 0.15) is 25.2 Å². The molecule has 0 saturated heterocycles. The molecule has 2 aromatic rings. The molecule has 6 heteroatoms. The highest BCUT2D eigenvalue weighted by Crippen LogP contribution is 2.14. The van der Waals surface area contributed by atoms with Gasteiger partial charge in [0.05, 0.1) is 20.3 Å². The third-order valence-corrected chi connectivity index (χ3v) is 4.02. The summed E-state index contributed by atoms with van der Waals surface area (Å²) in [7, 11) is 3.30. The van der Waals surface area contributed by atoms with Gasteiger partial charge in [0.15, 0.2) is 0 Å². The third-order valence-electron chi connectivity index (χ3n) is 4.02. The standard InChI is InChI=1S/C19H27N3O3/c1-15(2)19(23)22(11-12-24-3)14-18-20-9-10-21(18)13-16-5-7-17(25-4)8-6-16/h5-10,15H,11-14H2,1-4H3. The Labute approximate surface area is 149 Å². The van der Waals surface area contributed by atoms with Gasteiger partial charge < -0.3 is 18.9 Å². The smallest absolute Gasteiger partial charge is 0.225 e. The van der Waals surface area contributed by atoms with E-state index >= 15 is 0 Å². The quantitative estimate of drug-likeness (QED) is 0.701. The Kier molecular flexibility index (Phi) is 7.01. The molecule has 0 aliphatic rings. The van der Waals surface area contributed by atoms with Crippen molar-refractivity contribution in [1.29, 1.82) is 0 Å². The van der Waals surface area contributed by atoms with Crippen LogP contribution in [0.2, 0.25) is 0 Å². The molecule has 2 rings (SSSR count). The number of benzene rings is 1. The summed E-state index contributed by atoms with van der Waals surface area (Å²) >= 11 is 0. The van der Waals surface area contributed by atoms with E-state index in [0.29, 0.717) is 26.2 Å². The summed E-state index contributed by atoms with van der Waals surface area (Å²) in [5, 5.41) is 0. The molecule has 0 fully saturated rings. The van der Waals surface area contributed by atoms with Crippen LogP contribution in [0.15, 0.2) is 36.7 Å². The molecule has 1 heterocycles. The number of imidazole rings is 1. The molecule has 0 aliphatic heterocycles. The van der Waals surface area contributed by atoms with Gasteiger partial charge in [-0.25, -0.2) is 4.98 Å². The number of hydrogen-bond donors (Lipinski definition) is 0. The third kappa shape index (κ3) is 5.32. The van der Waals surface area contributed by atoms with Crippen molar-refractivity contribution in [3.05, 3.63) is 48.0 Å². The second-order valence-electron chi connectivity index (χ2n) is 6.23. The van der Waals surface area contributed by atoms with Crippen molar-refractivity contribution in [1.82, 2.24) is 14.5 Å². The van der Waals surface area contributed by atoms with Crippen LogP contribution < -0.4 is 4.74 Å². The van der Waals surface area contributed by atoms with Gasteiger partial charge in [0.1, 0.15) is 11.6 Å². The highest BCUT2D eigenvalue weighted by Gasteiger charge is 2.19. The maximum absolute atomic E-state index is 12.4. The zero-order valence-electron chi connectivity index (χ0n) is 15.4. The number of carbonyl (C=O) groups is 1. The summed E-state index contributed by atoms with van der Waals surface area (Å²) in [5.74, 6) is 1.75. The van der Waals surface area contributed by atoms with Gasteiger partial charge in [-0.05, 0) is 17.7 Å². The Bertz CT molecular complexity index is 665. The molecule has 0 bridgehead atoms. The molecule has 0 atom stereocenters. The monoisotopic (exact) mass is 345 g/mol. The first-order valence-electron chi connectivity index (χ1n) is 8.45. The van der Waals surface area contributed by atoms with Crippen LogP contribution in [-0.2, 0) is 22.6 Å². The van der Waals surface area contributed by atoms with E-state index in [0.717, 1.165) is 17.1 Å². The maximum Gasteiger partial charge on any atom is 0.225 e. The Morgan fingerprint density at radius 1 is 1.24 bits per heavy atom. The SMILES string of the molecule is COCCN(Cc1nccn1Cc1ccc(OC)cc1)C(=O)C(C)C. The van der Waals surface area contributed by atoms with Crippen LogP contribution in [0.5, 0.6) is 5.75 Å². The second kappa shape index (κ2) is 9.22. The predicted molar refractivity (Wildman–Crippen MR) is 96.5 cm³/mol. The molecule has 0 aliphatic carbocycles. The minimum Gasteiger partial charge on any atom is -0.497 e. The fraction of sp³-hybridized carbons (Fsp3) is 0.474. The fourth-order valence-electron chi connectivity index (χ4n) is 2.57. The summed E-state index contributed by atoms with van der Waals surface area (Å²) in [6, 6.07) is 7.95. The van der Waals surface area contributed by atoms with Gasteiger partial charge >= 0.3 is 0 Å². The normalized spacial score (nSPS) is 10.9. The molecule has 6 nitrogen and oxygen atoms in total. The summed E-state index contributed by atoms with van der Waals surface area (Å²) in [6.07, 6.45) is 3.71. The molecule has 0 N–H and O–H groups in total. The molecule has 0 saturated carbocycles. The Morgan fingerprint density at radius 2 is 1.96 bits per heavy atom. The average Bonchev–Trinajstić information content (AvgIpc) is 3.05. The predicted octanol–water partition coefficient (Wildman–Crippen LogP) is 2.57. The van der Waals surface area contributed by atoms with Crippen LogP contribution in [0, 0.1) is 5.92 Å². The van der Waals surface area contributed by atoms with Gasteiger partial charge in [-0.1, -0.05) is 26.0 Å². The first-order valence-corrected chi connectivity index (χ1v) is 8.45. The van der Waals surface area contributed by atoms with Gasteiger partial charge in [0, 0.05) is 38.5 Å². The number of amides is 1. The largest absolute Gasteiger partial charge is 0.497 e. The zero-order chi connectivity index (χ0) is 18.2. The summed E-state index contributed by atoms with van der Waals surface area (Å²) in [4.78, 5) is 18.7. The Hall–Kier alpha value is -2.34. The summed E-state index contributed by atoms with van der Waals surface area (Å²) in [5.41, 5.74) is 1.15. The minimum absolute atomic E-state index is 0.0538. The number of methoxy groups -OCH3 is 2. The molecule has 1 amide bonds. The molecule has 1 aromatic carbocycles. The van der Waals surface area contributed by atoms with E-state index in [2.05, 4.69) is 9.55 Å². The van der Waals surface area contributed by atoms with Crippen LogP contribution in [-0.4, -0.2) is 47.7 Å². The van der Waals surface area contributed by atoms with E-state index in [-0.39, 0.29) is 11.8 Å². The average molecular weight is 345 g/mol. The number of carbonyl (C=O) groups excluding carboxylic acids is 1. The van der Waals surface area contributed by atoms with Crippen LogP contribution >= 0.6 is 0 Å². The van der Waals surface area contributed by atoms with Crippen LogP contribution in [0.4, 0.5) is 0 Å². The van der Waals surface area contributed by atoms with Crippen molar-refractivity contribution < 1.29 is 14.3 Å². The maximum atomic E-state index is 12.4. The van der Waals surface area contributed by atoms with Crippen molar-refractivity contribution in [2.45, 2.75) is 26.9 Å². The first kappa shape index (κ1) is 19.0. The topological polar surface area (TPSA) is 56.6 Å². The number of hydrogen-bond acceptors (Lipinski definition) is 4. The van der Waals surface area contributed by atoms with Crippen LogP contribution in [0.25, 0.3) is 0 Å². The van der Waals surface area contributed by atoms with Gasteiger partial charge in [-0.3, -0.25) is 4.79 Å². The van der Waals surface area contributed by atoms with Gasteiger partial charge in [-0.2, -0.15) is 0 Å². The molecular formula is C19H27N3O3. The minimum atomic E-state index is -0.0538. The van der Waals surface area contributed by atoms with E-state index in [9.17, 15) is 4.79 Å². The second-order valence-corrected chi connectivity index (χ2v) is 6.23. The molecule has 0 radical (unpaired) electrons. The molecule has 0 unspecified atom stereocenters. The summed E-state index contributed by atoms with van der Waals surface area (Å²) in [6.45, 7) is 6.06. The van der Waals surface area contributed by atoms with E-state index in [1.54, 1.807) is 25.3 Å². The molecule has 136 valence electrons. The Balaban J connectivity index is 2.11. The zero-order valence-corrected chi connectivity index (χ0v) is 15.4.